The second-order valence-corrected chi connectivity index (χ2v) is 7.46. The van der Waals surface area contributed by atoms with E-state index in [1.54, 1.807) is 13.8 Å². The minimum absolute atomic E-state index is 0.500. The molecule has 2 N–H and O–H groups in total. The normalized spacial score (nSPS) is 22.0. The Morgan fingerprint density at radius 2 is 2.00 bits per heavy atom. The summed E-state index contributed by atoms with van der Waals surface area (Å²) in [5, 5.41) is 13.5. The molecule has 4 heteroatoms. The minimum Gasteiger partial charge on any atom is -0.481 e. The Kier molecular flexibility index (Phi) is 5.87. The van der Waals surface area contributed by atoms with Crippen molar-refractivity contribution >= 4 is 17.6 Å². The van der Waals surface area contributed by atoms with E-state index in [1.807, 2.05) is 12.1 Å². The smallest absolute Gasteiger partial charge is 0.309 e. The molecule has 0 radical (unpaired) electrons. The summed E-state index contributed by atoms with van der Waals surface area (Å²) in [6.07, 6.45) is 5.40. The van der Waals surface area contributed by atoms with Crippen LogP contribution in [0.2, 0.25) is 5.02 Å². The van der Waals surface area contributed by atoms with Gasteiger partial charge < -0.3 is 10.4 Å². The molecule has 3 nitrogen and oxygen atoms in total. The van der Waals surface area contributed by atoms with Gasteiger partial charge in [-0.1, -0.05) is 30.2 Å². The van der Waals surface area contributed by atoms with Crippen LogP contribution in [0.25, 0.3) is 0 Å². The highest BCUT2D eigenvalue weighted by Gasteiger charge is 2.29. The second kappa shape index (κ2) is 7.47. The van der Waals surface area contributed by atoms with E-state index in [-0.39, 0.29) is 0 Å². The van der Waals surface area contributed by atoms with Gasteiger partial charge in [0.1, 0.15) is 0 Å². The highest BCUT2D eigenvalue weighted by molar-refractivity contribution is 6.30. The fourth-order valence-electron chi connectivity index (χ4n) is 3.15. The summed E-state index contributed by atoms with van der Waals surface area (Å²) >= 11 is 5.93. The second-order valence-electron chi connectivity index (χ2n) is 7.02. The third-order valence-electron chi connectivity index (χ3n) is 4.81. The molecule has 2 unspecified atom stereocenters. The fraction of sp³-hybridized carbons (Fsp3) is 0.611. The zero-order valence-corrected chi connectivity index (χ0v) is 14.2. The molecule has 2 rings (SSSR count). The highest BCUT2D eigenvalue weighted by atomic mass is 35.5. The van der Waals surface area contributed by atoms with E-state index in [0.717, 1.165) is 18.0 Å². The standard InChI is InChI=1S/C18H26ClNO2/c1-18(2,17(21)22)10-11-20-16-5-3-4-14(16)12-13-6-8-15(19)9-7-13/h6-9,14,16,20H,3-5,10-12H2,1-2H3,(H,21,22). The van der Waals surface area contributed by atoms with E-state index < -0.39 is 11.4 Å². The van der Waals surface area contributed by atoms with Crippen LogP contribution >= 0.6 is 11.6 Å². The van der Waals surface area contributed by atoms with Crippen molar-refractivity contribution in [2.24, 2.45) is 11.3 Å². The summed E-state index contributed by atoms with van der Waals surface area (Å²) in [7, 11) is 0. The summed E-state index contributed by atoms with van der Waals surface area (Å²) in [6.45, 7) is 4.34. The van der Waals surface area contributed by atoms with E-state index in [1.165, 1.54) is 24.8 Å². The third kappa shape index (κ3) is 4.72. The van der Waals surface area contributed by atoms with Crippen molar-refractivity contribution in [1.82, 2.24) is 5.32 Å². The maximum Gasteiger partial charge on any atom is 0.309 e. The average molecular weight is 324 g/mol. The quantitative estimate of drug-likeness (QED) is 0.792. The van der Waals surface area contributed by atoms with Crippen LogP contribution < -0.4 is 5.32 Å². The average Bonchev–Trinajstić information content (AvgIpc) is 2.88. The number of aliphatic carboxylic acids is 1. The molecule has 1 saturated carbocycles. The number of halogens is 1. The van der Waals surface area contributed by atoms with E-state index >= 15 is 0 Å². The number of hydrogen-bond donors (Lipinski definition) is 2. The van der Waals surface area contributed by atoms with Gasteiger partial charge in [-0.15, -0.1) is 0 Å². The van der Waals surface area contributed by atoms with Crippen LogP contribution in [0.1, 0.15) is 45.1 Å². The van der Waals surface area contributed by atoms with Crippen molar-refractivity contribution in [2.45, 2.75) is 52.0 Å². The Morgan fingerprint density at radius 1 is 1.32 bits per heavy atom. The van der Waals surface area contributed by atoms with Gasteiger partial charge in [-0.3, -0.25) is 4.79 Å². The van der Waals surface area contributed by atoms with Gasteiger partial charge in [0.25, 0.3) is 0 Å². The van der Waals surface area contributed by atoms with E-state index in [0.29, 0.717) is 18.4 Å². The number of carbonyl (C=O) groups is 1. The molecule has 1 fully saturated rings. The van der Waals surface area contributed by atoms with Gasteiger partial charge >= 0.3 is 5.97 Å². The lowest BCUT2D eigenvalue weighted by atomic mass is 9.89. The summed E-state index contributed by atoms with van der Waals surface area (Å²) in [5.74, 6) is -0.0902. The predicted molar refractivity (Wildman–Crippen MR) is 90.3 cm³/mol. The summed E-state index contributed by atoms with van der Waals surface area (Å²) < 4.78 is 0. The highest BCUT2D eigenvalue weighted by Crippen LogP contribution is 2.29. The lowest BCUT2D eigenvalue weighted by Gasteiger charge is -2.24. The number of carboxylic acid groups (broad SMARTS) is 1. The SMILES string of the molecule is CC(C)(CCNC1CCCC1Cc1ccc(Cl)cc1)C(=O)O. The van der Waals surface area contributed by atoms with E-state index in [2.05, 4.69) is 17.4 Å². The molecular formula is C18H26ClNO2. The van der Waals surface area contributed by atoms with Crippen LogP contribution in [0, 0.1) is 11.3 Å². The van der Waals surface area contributed by atoms with Gasteiger partial charge in [-0.05, 0) is 69.7 Å². The Hall–Kier alpha value is -1.06. The third-order valence-corrected chi connectivity index (χ3v) is 5.06. The molecule has 0 aliphatic heterocycles. The zero-order valence-electron chi connectivity index (χ0n) is 13.4. The molecule has 0 saturated heterocycles. The van der Waals surface area contributed by atoms with Crippen molar-refractivity contribution in [3.8, 4) is 0 Å². The molecule has 0 aromatic heterocycles. The molecule has 0 amide bonds. The summed E-state index contributed by atoms with van der Waals surface area (Å²) in [6, 6.07) is 8.60. The monoisotopic (exact) mass is 323 g/mol. The van der Waals surface area contributed by atoms with Crippen LogP contribution in [0.4, 0.5) is 0 Å². The van der Waals surface area contributed by atoms with Crippen molar-refractivity contribution < 1.29 is 9.90 Å². The van der Waals surface area contributed by atoms with Crippen LogP contribution in [0.5, 0.6) is 0 Å². The first-order valence-corrected chi connectivity index (χ1v) is 8.47. The van der Waals surface area contributed by atoms with E-state index in [9.17, 15) is 4.79 Å². The number of nitrogens with one attached hydrogen (secondary N) is 1. The number of hydrogen-bond acceptors (Lipinski definition) is 2. The Balaban J connectivity index is 1.83. The maximum atomic E-state index is 11.1. The lowest BCUT2D eigenvalue weighted by molar-refractivity contribution is -0.147. The van der Waals surface area contributed by atoms with Crippen molar-refractivity contribution in [1.29, 1.82) is 0 Å². The zero-order chi connectivity index (χ0) is 16.2. The van der Waals surface area contributed by atoms with Crippen LogP contribution in [-0.4, -0.2) is 23.7 Å². The van der Waals surface area contributed by atoms with Crippen LogP contribution in [-0.2, 0) is 11.2 Å². The van der Waals surface area contributed by atoms with Gasteiger partial charge in [0.15, 0.2) is 0 Å². The van der Waals surface area contributed by atoms with Gasteiger partial charge in [-0.25, -0.2) is 0 Å². The van der Waals surface area contributed by atoms with Gasteiger partial charge in [0.2, 0.25) is 0 Å². The molecule has 122 valence electrons. The Morgan fingerprint density at radius 3 is 2.64 bits per heavy atom. The minimum atomic E-state index is -0.724. The van der Waals surface area contributed by atoms with Crippen molar-refractivity contribution in [3.63, 3.8) is 0 Å². The predicted octanol–water partition coefficient (Wildman–Crippen LogP) is 4.14. The van der Waals surface area contributed by atoms with Crippen LogP contribution in [0.15, 0.2) is 24.3 Å². The maximum absolute atomic E-state index is 11.1. The largest absolute Gasteiger partial charge is 0.481 e. The Bertz CT molecular complexity index is 498. The number of benzene rings is 1. The first kappa shape index (κ1) is 17.3. The Labute approximate surface area is 138 Å². The molecule has 1 aromatic rings. The topological polar surface area (TPSA) is 49.3 Å². The molecule has 0 heterocycles. The van der Waals surface area contributed by atoms with Crippen molar-refractivity contribution in [3.05, 3.63) is 34.9 Å². The molecule has 0 spiro atoms. The molecule has 1 aromatic carbocycles. The number of carboxylic acids is 1. The summed E-state index contributed by atoms with van der Waals surface area (Å²) in [5.41, 5.74) is 0.672. The van der Waals surface area contributed by atoms with Gasteiger partial charge in [0.05, 0.1) is 5.41 Å². The lowest BCUT2D eigenvalue weighted by Crippen LogP contribution is -2.37. The molecule has 1 aliphatic rings. The first-order chi connectivity index (χ1) is 10.4. The van der Waals surface area contributed by atoms with Gasteiger partial charge in [0, 0.05) is 11.1 Å². The fourth-order valence-corrected chi connectivity index (χ4v) is 3.28. The molecule has 1 aliphatic carbocycles. The van der Waals surface area contributed by atoms with Crippen LogP contribution in [0.3, 0.4) is 0 Å². The first-order valence-electron chi connectivity index (χ1n) is 8.10. The van der Waals surface area contributed by atoms with E-state index in [4.69, 9.17) is 16.7 Å². The molecule has 2 atom stereocenters. The molecule has 22 heavy (non-hydrogen) atoms. The molecular weight excluding hydrogens is 298 g/mol. The van der Waals surface area contributed by atoms with Crippen molar-refractivity contribution in [2.75, 3.05) is 6.54 Å². The number of rotatable bonds is 7. The summed E-state index contributed by atoms with van der Waals surface area (Å²) in [4.78, 5) is 11.1. The van der Waals surface area contributed by atoms with Gasteiger partial charge in [-0.2, -0.15) is 0 Å². The molecule has 0 bridgehead atoms.